The van der Waals surface area contributed by atoms with Crippen molar-refractivity contribution in [1.29, 1.82) is 0 Å². The summed E-state index contributed by atoms with van der Waals surface area (Å²) in [5.74, 6) is 0. The maximum absolute atomic E-state index is 13.7. The standard InChI is InChI=1S/C23H26N2O3S/c1-4-18-6-8-21-20(14-18)23(25-9-11-28-12-10-25)22(15-24-21)29(26,27)19-7-5-16(2)17(3)13-19/h5-8,13-15H,4,9-12H2,1-3H3. The summed E-state index contributed by atoms with van der Waals surface area (Å²) in [6, 6.07) is 11.4. The fourth-order valence-electron chi connectivity index (χ4n) is 3.75. The third-order valence-corrected chi connectivity index (χ3v) is 7.44. The molecule has 1 saturated heterocycles. The lowest BCUT2D eigenvalue weighted by Gasteiger charge is -2.31. The van der Waals surface area contributed by atoms with Gasteiger partial charge < -0.3 is 9.64 Å². The van der Waals surface area contributed by atoms with Gasteiger partial charge in [-0.3, -0.25) is 4.98 Å². The van der Waals surface area contributed by atoms with Crippen LogP contribution in [0, 0.1) is 13.8 Å². The Morgan fingerprint density at radius 2 is 1.79 bits per heavy atom. The molecular formula is C23H26N2O3S. The number of benzene rings is 2. The summed E-state index contributed by atoms with van der Waals surface area (Å²) >= 11 is 0. The van der Waals surface area contributed by atoms with Crippen LogP contribution in [-0.4, -0.2) is 39.7 Å². The highest BCUT2D eigenvalue weighted by molar-refractivity contribution is 7.91. The number of hydrogen-bond donors (Lipinski definition) is 0. The third-order valence-electron chi connectivity index (χ3n) is 5.68. The van der Waals surface area contributed by atoms with Crippen LogP contribution in [0.5, 0.6) is 0 Å². The van der Waals surface area contributed by atoms with Gasteiger partial charge in [-0.2, -0.15) is 0 Å². The minimum atomic E-state index is -3.71. The maximum Gasteiger partial charge on any atom is 0.210 e. The zero-order chi connectivity index (χ0) is 20.6. The van der Waals surface area contributed by atoms with E-state index in [0.717, 1.165) is 39.7 Å². The monoisotopic (exact) mass is 410 g/mol. The molecule has 0 radical (unpaired) electrons. The van der Waals surface area contributed by atoms with Gasteiger partial charge in [0.15, 0.2) is 0 Å². The molecule has 0 unspecified atom stereocenters. The number of aromatic nitrogens is 1. The first-order valence-corrected chi connectivity index (χ1v) is 11.5. The Balaban J connectivity index is 1.98. The molecule has 0 spiro atoms. The molecule has 0 atom stereocenters. The van der Waals surface area contributed by atoms with E-state index in [2.05, 4.69) is 28.9 Å². The lowest BCUT2D eigenvalue weighted by atomic mass is 10.1. The van der Waals surface area contributed by atoms with E-state index in [-0.39, 0.29) is 4.90 Å². The minimum absolute atomic E-state index is 0.267. The van der Waals surface area contributed by atoms with E-state index in [1.807, 2.05) is 26.0 Å². The summed E-state index contributed by atoms with van der Waals surface area (Å²) in [6.07, 6.45) is 2.40. The van der Waals surface area contributed by atoms with Crippen molar-refractivity contribution in [2.75, 3.05) is 31.2 Å². The number of fused-ring (bicyclic) bond motifs is 1. The summed E-state index contributed by atoms with van der Waals surface area (Å²) in [6.45, 7) is 8.49. The Morgan fingerprint density at radius 3 is 2.48 bits per heavy atom. The predicted octanol–water partition coefficient (Wildman–Crippen LogP) is 4.08. The molecule has 2 heterocycles. The van der Waals surface area contributed by atoms with Crippen LogP contribution < -0.4 is 4.90 Å². The molecule has 5 nitrogen and oxygen atoms in total. The molecule has 152 valence electrons. The molecule has 0 saturated carbocycles. The Bertz CT molecular complexity index is 1170. The van der Waals surface area contributed by atoms with Gasteiger partial charge in [0.25, 0.3) is 0 Å². The number of anilines is 1. The number of aryl methyl sites for hydroxylation is 3. The fraction of sp³-hybridized carbons (Fsp3) is 0.348. The smallest absolute Gasteiger partial charge is 0.210 e. The highest BCUT2D eigenvalue weighted by atomic mass is 32.2. The van der Waals surface area contributed by atoms with E-state index in [1.165, 1.54) is 6.20 Å². The molecule has 6 heteroatoms. The van der Waals surface area contributed by atoms with Gasteiger partial charge in [0.1, 0.15) is 4.90 Å². The topological polar surface area (TPSA) is 59.5 Å². The summed E-state index contributed by atoms with van der Waals surface area (Å²) in [5.41, 5.74) is 4.74. The van der Waals surface area contributed by atoms with Crippen molar-refractivity contribution in [3.63, 3.8) is 0 Å². The van der Waals surface area contributed by atoms with E-state index in [4.69, 9.17) is 4.74 Å². The molecule has 3 aromatic rings. The summed E-state index contributed by atoms with van der Waals surface area (Å²) in [7, 11) is -3.71. The first-order chi connectivity index (χ1) is 13.9. The van der Waals surface area contributed by atoms with Crippen molar-refractivity contribution in [2.24, 2.45) is 0 Å². The fourth-order valence-corrected chi connectivity index (χ4v) is 5.26. The lowest BCUT2D eigenvalue weighted by Crippen LogP contribution is -2.37. The second-order valence-corrected chi connectivity index (χ2v) is 9.44. The number of ether oxygens (including phenoxy) is 1. The number of nitrogens with zero attached hydrogens (tertiary/aromatic N) is 2. The quantitative estimate of drug-likeness (QED) is 0.649. The molecular weight excluding hydrogens is 384 g/mol. The van der Waals surface area contributed by atoms with Crippen molar-refractivity contribution in [1.82, 2.24) is 4.98 Å². The number of morpholine rings is 1. The zero-order valence-electron chi connectivity index (χ0n) is 17.1. The highest BCUT2D eigenvalue weighted by Gasteiger charge is 2.28. The van der Waals surface area contributed by atoms with Crippen LogP contribution in [0.15, 0.2) is 52.4 Å². The Labute approximate surface area is 172 Å². The number of sulfone groups is 1. The first kappa shape index (κ1) is 19.9. The molecule has 0 N–H and O–H groups in total. The molecule has 2 aromatic carbocycles. The lowest BCUT2D eigenvalue weighted by molar-refractivity contribution is 0.122. The Kier molecular flexibility index (Phi) is 5.32. The molecule has 1 aromatic heterocycles. The van der Waals surface area contributed by atoms with E-state index < -0.39 is 9.84 Å². The van der Waals surface area contributed by atoms with Crippen molar-refractivity contribution in [3.8, 4) is 0 Å². The average Bonchev–Trinajstić information content (AvgIpc) is 2.74. The highest BCUT2D eigenvalue weighted by Crippen LogP contribution is 2.37. The van der Waals surface area contributed by atoms with Crippen LogP contribution in [-0.2, 0) is 21.0 Å². The van der Waals surface area contributed by atoms with Crippen molar-refractivity contribution < 1.29 is 13.2 Å². The van der Waals surface area contributed by atoms with Gasteiger partial charge in [-0.15, -0.1) is 0 Å². The van der Waals surface area contributed by atoms with Crippen LogP contribution in [0.3, 0.4) is 0 Å². The van der Waals surface area contributed by atoms with Crippen LogP contribution in [0.2, 0.25) is 0 Å². The van der Waals surface area contributed by atoms with E-state index in [9.17, 15) is 8.42 Å². The van der Waals surface area contributed by atoms with Crippen molar-refractivity contribution in [3.05, 3.63) is 59.3 Å². The van der Waals surface area contributed by atoms with E-state index in [1.54, 1.807) is 12.1 Å². The van der Waals surface area contributed by atoms with Gasteiger partial charge in [-0.05, 0) is 61.2 Å². The number of hydrogen-bond acceptors (Lipinski definition) is 5. The molecule has 29 heavy (non-hydrogen) atoms. The van der Waals surface area contributed by atoms with Crippen LogP contribution in [0.4, 0.5) is 5.69 Å². The van der Waals surface area contributed by atoms with E-state index >= 15 is 0 Å². The van der Waals surface area contributed by atoms with Gasteiger partial charge in [0, 0.05) is 24.7 Å². The predicted molar refractivity (Wildman–Crippen MR) is 116 cm³/mol. The van der Waals surface area contributed by atoms with Crippen molar-refractivity contribution in [2.45, 2.75) is 37.0 Å². The largest absolute Gasteiger partial charge is 0.378 e. The molecule has 4 rings (SSSR count). The molecule has 0 bridgehead atoms. The van der Waals surface area contributed by atoms with Gasteiger partial charge >= 0.3 is 0 Å². The summed E-state index contributed by atoms with van der Waals surface area (Å²) in [4.78, 5) is 7.21. The van der Waals surface area contributed by atoms with Crippen molar-refractivity contribution >= 4 is 26.4 Å². The second kappa shape index (κ2) is 7.76. The molecule has 1 fully saturated rings. The van der Waals surface area contributed by atoms with Crippen LogP contribution >= 0.6 is 0 Å². The van der Waals surface area contributed by atoms with Gasteiger partial charge in [-0.25, -0.2) is 8.42 Å². The van der Waals surface area contributed by atoms with Gasteiger partial charge in [0.2, 0.25) is 9.84 Å². The van der Waals surface area contributed by atoms with Crippen LogP contribution in [0.25, 0.3) is 10.9 Å². The summed E-state index contributed by atoms with van der Waals surface area (Å²) in [5, 5.41) is 0.885. The molecule has 0 aliphatic carbocycles. The average molecular weight is 411 g/mol. The number of rotatable bonds is 4. The normalized spacial score (nSPS) is 15.1. The minimum Gasteiger partial charge on any atom is -0.378 e. The Morgan fingerprint density at radius 1 is 1.03 bits per heavy atom. The third kappa shape index (κ3) is 3.63. The second-order valence-electron chi connectivity index (χ2n) is 7.53. The summed E-state index contributed by atoms with van der Waals surface area (Å²) < 4.78 is 32.8. The molecule has 1 aliphatic rings. The van der Waals surface area contributed by atoms with Gasteiger partial charge in [0.05, 0.1) is 29.3 Å². The molecule has 1 aliphatic heterocycles. The van der Waals surface area contributed by atoms with Crippen LogP contribution in [0.1, 0.15) is 23.6 Å². The zero-order valence-corrected chi connectivity index (χ0v) is 17.9. The Hall–Kier alpha value is -2.44. The number of pyridine rings is 1. The van der Waals surface area contributed by atoms with Gasteiger partial charge in [-0.1, -0.05) is 19.1 Å². The molecule has 0 amide bonds. The van der Waals surface area contributed by atoms with E-state index in [0.29, 0.717) is 31.2 Å². The maximum atomic E-state index is 13.7. The first-order valence-electron chi connectivity index (χ1n) is 9.98. The SMILES string of the molecule is CCc1ccc2ncc(S(=O)(=O)c3ccc(C)c(C)c3)c(N3CCOCC3)c2c1.